The maximum atomic E-state index is 9.42. The molecule has 1 aliphatic rings. The van der Waals surface area contributed by atoms with Crippen molar-refractivity contribution in [2.75, 3.05) is 13.7 Å². The fourth-order valence-corrected chi connectivity index (χ4v) is 3.15. The summed E-state index contributed by atoms with van der Waals surface area (Å²) >= 11 is 0. The first-order chi connectivity index (χ1) is 7.95. The predicted molar refractivity (Wildman–Crippen MR) is 69.2 cm³/mol. The largest absolute Gasteiger partial charge is 0.497 e. The van der Waals surface area contributed by atoms with Crippen molar-refractivity contribution in [2.45, 2.75) is 27.2 Å². The molecule has 0 spiro atoms. The molecule has 0 radical (unpaired) electrons. The van der Waals surface area contributed by atoms with Crippen LogP contribution in [-0.4, -0.2) is 18.8 Å². The van der Waals surface area contributed by atoms with Crippen LogP contribution in [0.15, 0.2) is 24.3 Å². The van der Waals surface area contributed by atoms with Crippen LogP contribution < -0.4 is 4.74 Å². The maximum absolute atomic E-state index is 9.42. The zero-order valence-electron chi connectivity index (χ0n) is 11.2. The van der Waals surface area contributed by atoms with Crippen LogP contribution in [0.1, 0.15) is 26.3 Å². The SMILES string of the molecule is COc1ccc(CC2(C)C(CO)C2(C)C)cc1. The van der Waals surface area contributed by atoms with Crippen molar-refractivity contribution in [3.8, 4) is 5.75 Å². The zero-order valence-corrected chi connectivity index (χ0v) is 11.2. The Bertz CT molecular complexity index is 394. The summed E-state index contributed by atoms with van der Waals surface area (Å²) in [5.41, 5.74) is 1.77. The first-order valence-electron chi connectivity index (χ1n) is 6.19. The second-order valence-corrected chi connectivity index (χ2v) is 5.90. The molecule has 0 aromatic heterocycles. The van der Waals surface area contributed by atoms with E-state index in [1.807, 2.05) is 12.1 Å². The first kappa shape index (κ1) is 12.4. The lowest BCUT2D eigenvalue weighted by atomic mass is 9.90. The summed E-state index contributed by atoms with van der Waals surface area (Å²) < 4.78 is 5.16. The highest BCUT2D eigenvalue weighted by atomic mass is 16.5. The van der Waals surface area contributed by atoms with Gasteiger partial charge >= 0.3 is 0 Å². The van der Waals surface area contributed by atoms with E-state index < -0.39 is 0 Å². The van der Waals surface area contributed by atoms with E-state index >= 15 is 0 Å². The highest BCUT2D eigenvalue weighted by Crippen LogP contribution is 2.69. The standard InChI is InChI=1S/C15H22O2/c1-14(2)13(10-16)15(14,3)9-11-5-7-12(17-4)8-6-11/h5-8,13,16H,9-10H2,1-4H3. The van der Waals surface area contributed by atoms with Crippen molar-refractivity contribution in [1.29, 1.82) is 0 Å². The molecular weight excluding hydrogens is 212 g/mol. The second kappa shape index (κ2) is 4.02. The van der Waals surface area contributed by atoms with E-state index in [0.717, 1.165) is 12.2 Å². The topological polar surface area (TPSA) is 29.5 Å². The van der Waals surface area contributed by atoms with Gasteiger partial charge in [0.25, 0.3) is 0 Å². The summed E-state index contributed by atoms with van der Waals surface area (Å²) in [4.78, 5) is 0. The van der Waals surface area contributed by atoms with Crippen molar-refractivity contribution in [3.05, 3.63) is 29.8 Å². The number of benzene rings is 1. The third-order valence-corrected chi connectivity index (χ3v) is 4.94. The monoisotopic (exact) mass is 234 g/mol. The van der Waals surface area contributed by atoms with Gasteiger partial charge in [-0.15, -0.1) is 0 Å². The van der Waals surface area contributed by atoms with Gasteiger partial charge < -0.3 is 9.84 Å². The van der Waals surface area contributed by atoms with Crippen molar-refractivity contribution >= 4 is 0 Å². The summed E-state index contributed by atoms with van der Waals surface area (Å²) in [5.74, 6) is 1.31. The zero-order chi connectivity index (χ0) is 12.7. The Morgan fingerprint density at radius 2 is 1.76 bits per heavy atom. The molecule has 1 N–H and O–H groups in total. The molecule has 2 unspecified atom stereocenters. The quantitative estimate of drug-likeness (QED) is 0.868. The molecule has 2 nitrogen and oxygen atoms in total. The fraction of sp³-hybridized carbons (Fsp3) is 0.600. The maximum Gasteiger partial charge on any atom is 0.118 e. The highest BCUT2D eigenvalue weighted by Gasteiger charge is 2.66. The Morgan fingerprint density at radius 3 is 2.18 bits per heavy atom. The van der Waals surface area contributed by atoms with E-state index in [4.69, 9.17) is 4.74 Å². The van der Waals surface area contributed by atoms with Gasteiger partial charge in [-0.1, -0.05) is 32.9 Å². The van der Waals surface area contributed by atoms with E-state index in [9.17, 15) is 5.11 Å². The molecule has 0 amide bonds. The molecule has 1 aromatic carbocycles. The smallest absolute Gasteiger partial charge is 0.118 e. The number of hydrogen-bond acceptors (Lipinski definition) is 2. The Kier molecular flexibility index (Phi) is 2.94. The van der Waals surface area contributed by atoms with Crippen LogP contribution in [0.25, 0.3) is 0 Å². The Hall–Kier alpha value is -1.02. The van der Waals surface area contributed by atoms with E-state index in [2.05, 4.69) is 32.9 Å². The Labute approximate surface area is 104 Å². The van der Waals surface area contributed by atoms with Crippen LogP contribution >= 0.6 is 0 Å². The van der Waals surface area contributed by atoms with Crippen molar-refractivity contribution in [3.63, 3.8) is 0 Å². The average Bonchev–Trinajstić information content (AvgIpc) is 2.72. The molecule has 0 heterocycles. The average molecular weight is 234 g/mol. The van der Waals surface area contributed by atoms with Gasteiger partial charge in [-0.25, -0.2) is 0 Å². The summed E-state index contributed by atoms with van der Waals surface area (Å²) in [6, 6.07) is 8.24. The van der Waals surface area contributed by atoms with Gasteiger partial charge in [0.15, 0.2) is 0 Å². The molecule has 0 saturated heterocycles. The van der Waals surface area contributed by atoms with E-state index in [1.165, 1.54) is 5.56 Å². The molecule has 17 heavy (non-hydrogen) atoms. The molecule has 0 aliphatic heterocycles. The molecule has 1 saturated carbocycles. The summed E-state index contributed by atoms with van der Waals surface area (Å²) in [6.07, 6.45) is 1.02. The minimum Gasteiger partial charge on any atom is -0.497 e. The van der Waals surface area contributed by atoms with Crippen LogP contribution in [0.2, 0.25) is 0 Å². The summed E-state index contributed by atoms with van der Waals surface area (Å²) in [5, 5.41) is 9.42. The molecular formula is C15H22O2. The molecule has 94 valence electrons. The molecule has 0 bridgehead atoms. The molecule has 1 aromatic rings. The second-order valence-electron chi connectivity index (χ2n) is 5.90. The highest BCUT2D eigenvalue weighted by molar-refractivity contribution is 5.30. The molecule has 1 fully saturated rings. The van der Waals surface area contributed by atoms with Crippen LogP contribution in [0, 0.1) is 16.7 Å². The summed E-state index contributed by atoms with van der Waals surface area (Å²) in [6.45, 7) is 7.06. The van der Waals surface area contributed by atoms with Gasteiger partial charge in [-0.3, -0.25) is 0 Å². The number of methoxy groups -OCH3 is 1. The van der Waals surface area contributed by atoms with Crippen LogP contribution in [0.4, 0.5) is 0 Å². The van der Waals surface area contributed by atoms with Gasteiger partial charge in [-0.2, -0.15) is 0 Å². The minimum absolute atomic E-state index is 0.219. The molecule has 2 rings (SSSR count). The van der Waals surface area contributed by atoms with Crippen LogP contribution in [0.5, 0.6) is 5.75 Å². The van der Waals surface area contributed by atoms with Crippen molar-refractivity contribution in [1.82, 2.24) is 0 Å². The van der Waals surface area contributed by atoms with Crippen molar-refractivity contribution in [2.24, 2.45) is 16.7 Å². The number of hydrogen-bond donors (Lipinski definition) is 1. The fourth-order valence-electron chi connectivity index (χ4n) is 3.15. The molecule has 2 heteroatoms. The van der Waals surface area contributed by atoms with Crippen molar-refractivity contribution < 1.29 is 9.84 Å². The number of aliphatic hydroxyl groups is 1. The lowest BCUT2D eigenvalue weighted by Gasteiger charge is -2.15. The number of aliphatic hydroxyl groups excluding tert-OH is 1. The number of rotatable bonds is 4. The van der Waals surface area contributed by atoms with E-state index in [1.54, 1.807) is 7.11 Å². The van der Waals surface area contributed by atoms with Gasteiger partial charge in [-0.05, 0) is 40.9 Å². The van der Waals surface area contributed by atoms with Gasteiger partial charge in [0.05, 0.1) is 7.11 Å². The minimum atomic E-state index is 0.219. The molecule has 1 aliphatic carbocycles. The third-order valence-electron chi connectivity index (χ3n) is 4.94. The van der Waals surface area contributed by atoms with Gasteiger partial charge in [0.2, 0.25) is 0 Å². The van der Waals surface area contributed by atoms with Crippen LogP contribution in [-0.2, 0) is 6.42 Å². The van der Waals surface area contributed by atoms with Crippen LogP contribution in [0.3, 0.4) is 0 Å². The first-order valence-corrected chi connectivity index (χ1v) is 6.19. The normalized spacial score (nSPS) is 30.1. The third kappa shape index (κ3) is 1.85. The Balaban J connectivity index is 2.11. The summed E-state index contributed by atoms with van der Waals surface area (Å²) in [7, 11) is 1.68. The van der Waals surface area contributed by atoms with E-state index in [-0.39, 0.29) is 10.8 Å². The Morgan fingerprint density at radius 1 is 1.18 bits per heavy atom. The predicted octanol–water partition coefficient (Wildman–Crippen LogP) is 2.89. The number of ether oxygens (including phenoxy) is 1. The lowest BCUT2D eigenvalue weighted by Crippen LogP contribution is -2.08. The lowest BCUT2D eigenvalue weighted by molar-refractivity contribution is 0.248. The van der Waals surface area contributed by atoms with Gasteiger partial charge in [0, 0.05) is 6.61 Å². The molecule has 2 atom stereocenters. The van der Waals surface area contributed by atoms with E-state index in [0.29, 0.717) is 12.5 Å². The van der Waals surface area contributed by atoms with Gasteiger partial charge in [0.1, 0.15) is 5.75 Å².